The predicted octanol–water partition coefficient (Wildman–Crippen LogP) is 4.74. The molecule has 2 aromatic carbocycles. The number of para-hydroxylation sites is 1. The molecule has 0 heterocycles. The predicted molar refractivity (Wildman–Crippen MR) is 145 cm³/mol. The van der Waals surface area contributed by atoms with E-state index in [-0.39, 0.29) is 19.1 Å². The molecule has 0 aliphatic rings. The van der Waals surface area contributed by atoms with Crippen molar-refractivity contribution >= 4 is 23.6 Å². The first kappa shape index (κ1) is 29.8. The van der Waals surface area contributed by atoms with Crippen LogP contribution in [0.5, 0.6) is 0 Å². The number of carbonyl (C=O) groups is 3. The van der Waals surface area contributed by atoms with E-state index in [4.69, 9.17) is 4.74 Å². The average Bonchev–Trinajstić information content (AvgIpc) is 2.79. The molecule has 2 aromatic rings. The van der Waals surface area contributed by atoms with Gasteiger partial charge in [-0.05, 0) is 69.7 Å². The number of amides is 3. The van der Waals surface area contributed by atoms with Crippen molar-refractivity contribution in [3.05, 3.63) is 65.2 Å². The second-order valence-electron chi connectivity index (χ2n) is 10.6. The number of ether oxygens (including phenoxy) is 1. The van der Waals surface area contributed by atoms with E-state index in [9.17, 15) is 19.5 Å². The third kappa shape index (κ3) is 8.89. The molecule has 0 fully saturated rings. The maximum absolute atomic E-state index is 14.0. The quantitative estimate of drug-likeness (QED) is 0.427. The first-order valence-electron chi connectivity index (χ1n) is 12.7. The lowest BCUT2D eigenvalue weighted by molar-refractivity contribution is -0.141. The number of alkyl carbamates (subject to hydrolysis) is 1. The van der Waals surface area contributed by atoms with Crippen molar-refractivity contribution < 1.29 is 24.2 Å². The molecule has 3 N–H and O–H groups in total. The molecule has 0 aliphatic heterocycles. The molecule has 2 unspecified atom stereocenters. The molecule has 8 heteroatoms. The Morgan fingerprint density at radius 2 is 1.57 bits per heavy atom. The van der Waals surface area contributed by atoms with Gasteiger partial charge in [0.05, 0.1) is 6.61 Å². The summed E-state index contributed by atoms with van der Waals surface area (Å²) in [6.07, 6.45) is -0.382. The molecule has 37 heavy (non-hydrogen) atoms. The van der Waals surface area contributed by atoms with Crippen LogP contribution in [0.2, 0.25) is 0 Å². The van der Waals surface area contributed by atoms with Crippen LogP contribution in [-0.2, 0) is 14.3 Å². The summed E-state index contributed by atoms with van der Waals surface area (Å²) >= 11 is 0. The van der Waals surface area contributed by atoms with Gasteiger partial charge in [0.25, 0.3) is 5.91 Å². The van der Waals surface area contributed by atoms with Gasteiger partial charge in [0.15, 0.2) is 0 Å². The van der Waals surface area contributed by atoms with Gasteiger partial charge in [-0.3, -0.25) is 9.59 Å². The van der Waals surface area contributed by atoms with Crippen LogP contribution in [0.3, 0.4) is 0 Å². The van der Waals surface area contributed by atoms with E-state index >= 15 is 0 Å². The van der Waals surface area contributed by atoms with Gasteiger partial charge in [-0.1, -0.05) is 56.3 Å². The van der Waals surface area contributed by atoms with Crippen LogP contribution in [0, 0.1) is 19.8 Å². The average molecular weight is 512 g/mol. The Hall–Kier alpha value is -3.39. The zero-order valence-electron chi connectivity index (χ0n) is 23.0. The third-order valence-electron chi connectivity index (χ3n) is 5.77. The fourth-order valence-electron chi connectivity index (χ4n) is 4.08. The lowest BCUT2D eigenvalue weighted by Crippen LogP contribution is -2.53. The highest BCUT2D eigenvalue weighted by molar-refractivity contribution is 5.99. The van der Waals surface area contributed by atoms with E-state index in [2.05, 4.69) is 10.6 Å². The zero-order chi connectivity index (χ0) is 27.8. The SMILES string of the molecule is Cc1ccccc1NC(=O)C(c1ccccc1C)N(CCO)C(=O)C(CC(C)C)NC(=O)OC(C)(C)C. The minimum absolute atomic E-state index is 0.0672. The molecule has 202 valence electrons. The van der Waals surface area contributed by atoms with E-state index in [1.807, 2.05) is 64.1 Å². The van der Waals surface area contributed by atoms with Crippen molar-refractivity contribution in [3.63, 3.8) is 0 Å². The summed E-state index contributed by atoms with van der Waals surface area (Å²) in [6.45, 7) is 12.4. The van der Waals surface area contributed by atoms with Crippen LogP contribution in [-0.4, -0.2) is 52.7 Å². The van der Waals surface area contributed by atoms with Crippen molar-refractivity contribution in [1.82, 2.24) is 10.2 Å². The summed E-state index contributed by atoms with van der Waals surface area (Å²) in [5, 5.41) is 15.6. The Kier molecular flexibility index (Phi) is 10.7. The fourth-order valence-corrected chi connectivity index (χ4v) is 4.08. The van der Waals surface area contributed by atoms with E-state index in [0.29, 0.717) is 17.7 Å². The van der Waals surface area contributed by atoms with Crippen molar-refractivity contribution in [2.45, 2.75) is 72.6 Å². The molecule has 0 saturated heterocycles. The minimum atomic E-state index is -1.03. The van der Waals surface area contributed by atoms with E-state index in [0.717, 1.165) is 11.1 Å². The number of nitrogens with zero attached hydrogens (tertiary/aromatic N) is 1. The first-order valence-corrected chi connectivity index (χ1v) is 12.7. The molecular weight excluding hydrogens is 470 g/mol. The standard InChI is InChI=1S/C29H41N3O5/c1-19(2)18-24(31-28(36)37-29(5,6)7)27(35)32(16-17-33)25(22-14-10-8-12-20(22)3)26(34)30-23-15-11-9-13-21(23)4/h8-15,19,24-25,33H,16-18H2,1-7H3,(H,30,34)(H,31,36). The molecule has 8 nitrogen and oxygen atoms in total. The Bertz CT molecular complexity index is 1080. The highest BCUT2D eigenvalue weighted by Gasteiger charge is 2.37. The van der Waals surface area contributed by atoms with E-state index in [1.54, 1.807) is 32.9 Å². The first-order chi connectivity index (χ1) is 17.3. The van der Waals surface area contributed by atoms with Gasteiger partial charge < -0.3 is 25.4 Å². The second kappa shape index (κ2) is 13.2. The molecule has 0 bridgehead atoms. The summed E-state index contributed by atoms with van der Waals surface area (Å²) in [5.41, 5.74) is 2.23. The molecule has 0 saturated carbocycles. The lowest BCUT2D eigenvalue weighted by Gasteiger charge is -2.35. The largest absolute Gasteiger partial charge is 0.444 e. The maximum Gasteiger partial charge on any atom is 0.408 e. The normalized spacial score (nSPS) is 13.0. The summed E-state index contributed by atoms with van der Waals surface area (Å²) in [4.78, 5) is 41.7. The number of anilines is 1. The van der Waals surface area contributed by atoms with Gasteiger partial charge in [-0.2, -0.15) is 0 Å². The van der Waals surface area contributed by atoms with Crippen molar-refractivity contribution in [1.29, 1.82) is 0 Å². The topological polar surface area (TPSA) is 108 Å². The van der Waals surface area contributed by atoms with Crippen molar-refractivity contribution in [2.75, 3.05) is 18.5 Å². The number of carbonyl (C=O) groups excluding carboxylic acids is 3. The number of aliphatic hydroxyl groups is 1. The minimum Gasteiger partial charge on any atom is -0.444 e. The maximum atomic E-state index is 14.0. The van der Waals surface area contributed by atoms with Gasteiger partial charge in [-0.25, -0.2) is 4.79 Å². The van der Waals surface area contributed by atoms with Crippen LogP contribution >= 0.6 is 0 Å². The van der Waals surface area contributed by atoms with Crippen LogP contribution in [0.15, 0.2) is 48.5 Å². The van der Waals surface area contributed by atoms with Gasteiger partial charge >= 0.3 is 6.09 Å². The molecule has 3 amide bonds. The monoisotopic (exact) mass is 511 g/mol. The molecule has 0 spiro atoms. The van der Waals surface area contributed by atoms with E-state index in [1.165, 1.54) is 4.90 Å². The number of rotatable bonds is 10. The summed E-state index contributed by atoms with van der Waals surface area (Å²) in [5.74, 6) is -0.815. The summed E-state index contributed by atoms with van der Waals surface area (Å²) in [7, 11) is 0. The lowest BCUT2D eigenvalue weighted by atomic mass is 9.96. The molecule has 0 radical (unpaired) electrons. The Balaban J connectivity index is 2.51. The highest BCUT2D eigenvalue weighted by atomic mass is 16.6. The van der Waals surface area contributed by atoms with Gasteiger partial charge in [0.2, 0.25) is 5.91 Å². The fraction of sp³-hybridized carbons (Fsp3) is 0.483. The molecular formula is C29H41N3O5. The number of aryl methyl sites for hydroxylation is 2. The Labute approximate surface area is 220 Å². The number of hydrogen-bond donors (Lipinski definition) is 3. The zero-order valence-corrected chi connectivity index (χ0v) is 23.0. The number of nitrogens with one attached hydrogen (secondary N) is 2. The number of hydrogen-bond acceptors (Lipinski definition) is 5. The van der Waals surface area contributed by atoms with E-state index < -0.39 is 35.6 Å². The third-order valence-corrected chi connectivity index (χ3v) is 5.77. The molecule has 0 aliphatic carbocycles. The molecule has 2 atom stereocenters. The number of benzene rings is 2. The summed E-state index contributed by atoms with van der Waals surface area (Å²) in [6, 6.07) is 12.8. The molecule has 2 rings (SSSR count). The highest BCUT2D eigenvalue weighted by Crippen LogP contribution is 2.28. The summed E-state index contributed by atoms with van der Waals surface area (Å²) < 4.78 is 5.39. The van der Waals surface area contributed by atoms with Crippen molar-refractivity contribution in [3.8, 4) is 0 Å². The van der Waals surface area contributed by atoms with Crippen LogP contribution in [0.4, 0.5) is 10.5 Å². The smallest absolute Gasteiger partial charge is 0.408 e. The van der Waals surface area contributed by atoms with Crippen molar-refractivity contribution in [2.24, 2.45) is 5.92 Å². The van der Waals surface area contributed by atoms with Gasteiger partial charge in [0.1, 0.15) is 17.7 Å². The van der Waals surface area contributed by atoms with Crippen LogP contribution in [0.1, 0.15) is 63.8 Å². The molecule has 0 aromatic heterocycles. The van der Waals surface area contributed by atoms with Gasteiger partial charge in [-0.15, -0.1) is 0 Å². The number of aliphatic hydroxyl groups excluding tert-OH is 1. The second-order valence-corrected chi connectivity index (χ2v) is 10.6. The Morgan fingerprint density at radius 3 is 2.11 bits per heavy atom. The van der Waals surface area contributed by atoms with Crippen LogP contribution < -0.4 is 10.6 Å². The van der Waals surface area contributed by atoms with Crippen LogP contribution in [0.25, 0.3) is 0 Å². The van der Waals surface area contributed by atoms with Gasteiger partial charge in [0, 0.05) is 12.2 Å². The Morgan fingerprint density at radius 1 is 0.973 bits per heavy atom.